The van der Waals surface area contributed by atoms with Gasteiger partial charge in [0.15, 0.2) is 0 Å². The van der Waals surface area contributed by atoms with Crippen molar-refractivity contribution in [3.05, 3.63) is 59.4 Å². The molecular formula is C16H19N3O. The Morgan fingerprint density at radius 1 is 1.25 bits per heavy atom. The fourth-order valence-electron chi connectivity index (χ4n) is 2.09. The van der Waals surface area contributed by atoms with E-state index in [0.717, 1.165) is 12.1 Å². The summed E-state index contributed by atoms with van der Waals surface area (Å²) in [6.45, 7) is 2.70. The lowest BCUT2D eigenvalue weighted by atomic mass is 10.1. The Bertz CT molecular complexity index is 596. The lowest BCUT2D eigenvalue weighted by Crippen LogP contribution is -2.26. The summed E-state index contributed by atoms with van der Waals surface area (Å²) in [4.78, 5) is 16.1. The summed E-state index contributed by atoms with van der Waals surface area (Å²) < 4.78 is 0. The smallest absolute Gasteiger partial charge is 0.253 e. The van der Waals surface area contributed by atoms with Gasteiger partial charge in [-0.05, 0) is 30.5 Å². The molecule has 2 rings (SSSR count). The molecule has 0 atom stereocenters. The van der Waals surface area contributed by atoms with Crippen molar-refractivity contribution in [2.45, 2.75) is 13.3 Å². The van der Waals surface area contributed by atoms with Crippen molar-refractivity contribution in [1.29, 1.82) is 0 Å². The van der Waals surface area contributed by atoms with E-state index in [9.17, 15) is 4.79 Å². The monoisotopic (exact) mass is 269 g/mol. The molecule has 0 aliphatic carbocycles. The lowest BCUT2D eigenvalue weighted by Gasteiger charge is -2.10. The highest BCUT2D eigenvalue weighted by Crippen LogP contribution is 2.12. The van der Waals surface area contributed by atoms with Gasteiger partial charge >= 0.3 is 0 Å². The van der Waals surface area contributed by atoms with Gasteiger partial charge in [-0.2, -0.15) is 0 Å². The second-order valence-electron chi connectivity index (χ2n) is 4.60. The number of aromatic nitrogens is 1. The average Bonchev–Trinajstić information content (AvgIpc) is 2.49. The molecule has 0 bridgehead atoms. The molecule has 1 heterocycles. The summed E-state index contributed by atoms with van der Waals surface area (Å²) >= 11 is 0. The lowest BCUT2D eigenvalue weighted by molar-refractivity contribution is 0.0955. The van der Waals surface area contributed by atoms with Crippen LogP contribution in [0.2, 0.25) is 0 Å². The van der Waals surface area contributed by atoms with Gasteiger partial charge in [-0.1, -0.05) is 24.3 Å². The molecule has 0 saturated carbocycles. The van der Waals surface area contributed by atoms with Crippen LogP contribution in [0.25, 0.3) is 0 Å². The third-order valence-corrected chi connectivity index (χ3v) is 3.28. The Kier molecular flexibility index (Phi) is 4.71. The summed E-state index contributed by atoms with van der Waals surface area (Å²) in [5.74, 6) is -0.0784. The third-order valence-electron chi connectivity index (χ3n) is 3.28. The zero-order chi connectivity index (χ0) is 14.4. The quantitative estimate of drug-likeness (QED) is 0.876. The molecule has 1 aromatic heterocycles. The number of anilines is 1. The minimum absolute atomic E-state index is 0.0784. The maximum absolute atomic E-state index is 12.1. The number of nitrogens with zero attached hydrogens (tertiary/aromatic N) is 1. The number of carbonyl (C=O) groups excluding carboxylic acids is 1. The van der Waals surface area contributed by atoms with Gasteiger partial charge in [-0.15, -0.1) is 0 Å². The number of hydrogen-bond donors (Lipinski definition) is 2. The maximum Gasteiger partial charge on any atom is 0.253 e. The van der Waals surface area contributed by atoms with Gasteiger partial charge in [-0.3, -0.25) is 9.78 Å². The van der Waals surface area contributed by atoms with E-state index in [4.69, 9.17) is 0 Å². The van der Waals surface area contributed by atoms with Gasteiger partial charge in [0, 0.05) is 19.8 Å². The van der Waals surface area contributed by atoms with Gasteiger partial charge in [0.25, 0.3) is 5.91 Å². The number of carbonyl (C=O) groups is 1. The predicted octanol–water partition coefficient (Wildman–Crippen LogP) is 2.40. The number of amides is 1. The Balaban J connectivity index is 1.94. The van der Waals surface area contributed by atoms with Crippen LogP contribution in [0.4, 0.5) is 5.69 Å². The number of nitrogens with one attached hydrogen (secondary N) is 2. The normalized spacial score (nSPS) is 10.1. The van der Waals surface area contributed by atoms with Crippen molar-refractivity contribution in [2.75, 3.05) is 18.9 Å². The topological polar surface area (TPSA) is 54.0 Å². The van der Waals surface area contributed by atoms with Crippen LogP contribution in [0.1, 0.15) is 21.5 Å². The average molecular weight is 269 g/mol. The first-order valence-corrected chi connectivity index (χ1v) is 6.67. The highest BCUT2D eigenvalue weighted by Gasteiger charge is 2.09. The molecule has 1 amide bonds. The van der Waals surface area contributed by atoms with E-state index in [-0.39, 0.29) is 5.91 Å². The highest BCUT2D eigenvalue weighted by atomic mass is 16.1. The van der Waals surface area contributed by atoms with Gasteiger partial charge in [0.1, 0.15) is 0 Å². The zero-order valence-corrected chi connectivity index (χ0v) is 11.8. The maximum atomic E-state index is 12.1. The number of benzene rings is 1. The van der Waals surface area contributed by atoms with Crippen LogP contribution in [-0.4, -0.2) is 24.5 Å². The molecule has 2 aromatic rings. The van der Waals surface area contributed by atoms with E-state index < -0.39 is 0 Å². The highest BCUT2D eigenvalue weighted by molar-refractivity contribution is 5.99. The molecule has 104 valence electrons. The minimum atomic E-state index is -0.0784. The fourth-order valence-corrected chi connectivity index (χ4v) is 2.09. The summed E-state index contributed by atoms with van der Waals surface area (Å²) in [5, 5.41) is 5.91. The first-order chi connectivity index (χ1) is 9.72. The number of hydrogen-bond acceptors (Lipinski definition) is 3. The largest absolute Gasteiger partial charge is 0.386 e. The first kappa shape index (κ1) is 14.1. The van der Waals surface area contributed by atoms with Crippen molar-refractivity contribution >= 4 is 11.6 Å². The Labute approximate surface area is 119 Å². The molecule has 0 radical (unpaired) electrons. The van der Waals surface area contributed by atoms with Crippen LogP contribution in [0, 0.1) is 6.92 Å². The zero-order valence-electron chi connectivity index (χ0n) is 11.8. The molecule has 0 spiro atoms. The molecular weight excluding hydrogens is 250 g/mol. The van der Waals surface area contributed by atoms with Gasteiger partial charge in [0.05, 0.1) is 17.4 Å². The van der Waals surface area contributed by atoms with E-state index in [1.54, 1.807) is 25.5 Å². The number of pyridine rings is 1. The molecule has 0 fully saturated rings. The van der Waals surface area contributed by atoms with Crippen LogP contribution in [0.5, 0.6) is 0 Å². The molecule has 2 N–H and O–H groups in total. The first-order valence-electron chi connectivity index (χ1n) is 6.67. The molecule has 0 unspecified atom stereocenters. The summed E-state index contributed by atoms with van der Waals surface area (Å²) in [6, 6.07) is 9.93. The minimum Gasteiger partial charge on any atom is -0.386 e. The molecule has 20 heavy (non-hydrogen) atoms. The van der Waals surface area contributed by atoms with Crippen molar-refractivity contribution in [1.82, 2.24) is 10.3 Å². The van der Waals surface area contributed by atoms with Gasteiger partial charge in [0.2, 0.25) is 0 Å². The standard InChI is InChI=1S/C16H19N3O/c1-12-5-3-4-6-13(12)7-10-19-16(20)14-8-9-18-11-15(14)17-2/h3-6,8-9,11,17H,7,10H2,1-2H3,(H,19,20). The van der Waals surface area contributed by atoms with Gasteiger partial charge in [-0.25, -0.2) is 0 Å². The van der Waals surface area contributed by atoms with E-state index in [1.165, 1.54) is 11.1 Å². The van der Waals surface area contributed by atoms with Crippen molar-refractivity contribution in [2.24, 2.45) is 0 Å². The van der Waals surface area contributed by atoms with Crippen molar-refractivity contribution in [3.63, 3.8) is 0 Å². The second-order valence-corrected chi connectivity index (χ2v) is 4.60. The molecule has 1 aromatic carbocycles. The van der Waals surface area contributed by atoms with E-state index in [0.29, 0.717) is 12.1 Å². The fraction of sp³-hybridized carbons (Fsp3) is 0.250. The Hall–Kier alpha value is -2.36. The molecule has 0 aliphatic rings. The number of aryl methyl sites for hydroxylation is 1. The molecule has 4 nitrogen and oxygen atoms in total. The summed E-state index contributed by atoms with van der Waals surface area (Å²) in [5.41, 5.74) is 3.87. The van der Waals surface area contributed by atoms with Crippen molar-refractivity contribution < 1.29 is 4.79 Å². The van der Waals surface area contributed by atoms with Gasteiger partial charge < -0.3 is 10.6 Å². The Morgan fingerprint density at radius 2 is 2.05 bits per heavy atom. The van der Waals surface area contributed by atoms with Crippen molar-refractivity contribution in [3.8, 4) is 0 Å². The molecule has 4 heteroatoms. The third kappa shape index (κ3) is 3.35. The van der Waals surface area contributed by atoms with E-state index >= 15 is 0 Å². The van der Waals surface area contributed by atoms with Crippen LogP contribution in [0.15, 0.2) is 42.7 Å². The van der Waals surface area contributed by atoms with Crippen LogP contribution in [0.3, 0.4) is 0 Å². The van der Waals surface area contributed by atoms with E-state index in [1.807, 2.05) is 12.1 Å². The summed E-state index contributed by atoms with van der Waals surface area (Å²) in [7, 11) is 1.78. The SMILES string of the molecule is CNc1cnccc1C(=O)NCCc1ccccc1C. The molecule has 0 saturated heterocycles. The van der Waals surface area contributed by atoms with Crippen LogP contribution >= 0.6 is 0 Å². The summed E-state index contributed by atoms with van der Waals surface area (Å²) in [6.07, 6.45) is 4.10. The Morgan fingerprint density at radius 3 is 2.80 bits per heavy atom. The van der Waals surface area contributed by atoms with Crippen LogP contribution in [-0.2, 0) is 6.42 Å². The van der Waals surface area contributed by atoms with E-state index in [2.05, 4.69) is 34.7 Å². The second kappa shape index (κ2) is 6.70. The molecule has 0 aliphatic heterocycles. The van der Waals surface area contributed by atoms with Crippen LogP contribution < -0.4 is 10.6 Å². The number of rotatable bonds is 5. The predicted molar refractivity (Wildman–Crippen MR) is 81.0 cm³/mol.